The number of benzene rings is 1. The normalized spacial score (nSPS) is 13.4. The van der Waals surface area contributed by atoms with E-state index in [2.05, 4.69) is 10.1 Å². The van der Waals surface area contributed by atoms with Gasteiger partial charge < -0.3 is 15.2 Å². The van der Waals surface area contributed by atoms with Crippen molar-refractivity contribution in [2.75, 3.05) is 6.61 Å². The summed E-state index contributed by atoms with van der Waals surface area (Å²) in [5.74, 6) is -0.237. The Morgan fingerprint density at radius 1 is 1.39 bits per heavy atom. The minimum atomic E-state index is -4.68. The molecule has 1 atom stereocenters. The number of alkyl halides is 3. The van der Waals surface area contributed by atoms with Gasteiger partial charge in [0.05, 0.1) is 6.61 Å². The van der Waals surface area contributed by atoms with Crippen molar-refractivity contribution in [3.63, 3.8) is 0 Å². The fraction of sp³-hybridized carbons (Fsp3) is 0.500. The minimum absolute atomic E-state index is 0.00472. The smallest absolute Gasteiger partial charge is 0.406 e. The summed E-state index contributed by atoms with van der Waals surface area (Å²) in [4.78, 5) is 0. The molecule has 0 saturated carbocycles. The molecule has 6 heteroatoms. The van der Waals surface area contributed by atoms with Gasteiger partial charge in [0.1, 0.15) is 5.75 Å². The third kappa shape index (κ3) is 5.37. The summed E-state index contributed by atoms with van der Waals surface area (Å²) in [5.41, 5.74) is 0.670. The van der Waals surface area contributed by atoms with Gasteiger partial charge in [-0.1, -0.05) is 19.1 Å². The van der Waals surface area contributed by atoms with Gasteiger partial charge in [-0.05, 0) is 24.1 Å². The van der Waals surface area contributed by atoms with E-state index < -0.39 is 6.36 Å². The second-order valence-corrected chi connectivity index (χ2v) is 3.86. The van der Waals surface area contributed by atoms with Crippen LogP contribution < -0.4 is 10.1 Å². The van der Waals surface area contributed by atoms with Gasteiger partial charge in [0.2, 0.25) is 0 Å². The Labute approximate surface area is 104 Å². The number of aliphatic hydroxyl groups is 1. The SMILES string of the molecule is CC[C@H](CO)NCc1cccc(OC(F)(F)F)c1. The Bertz CT molecular complexity index is 365. The molecule has 0 aromatic heterocycles. The molecular formula is C12H16F3NO2. The van der Waals surface area contributed by atoms with Gasteiger partial charge in [-0.3, -0.25) is 0 Å². The van der Waals surface area contributed by atoms with E-state index in [1.807, 2.05) is 6.92 Å². The fourth-order valence-corrected chi connectivity index (χ4v) is 1.45. The molecule has 0 saturated heterocycles. The molecule has 0 aliphatic carbocycles. The average molecular weight is 263 g/mol. The van der Waals surface area contributed by atoms with Crippen molar-refractivity contribution in [1.82, 2.24) is 5.32 Å². The summed E-state index contributed by atoms with van der Waals surface area (Å²) in [7, 11) is 0. The lowest BCUT2D eigenvalue weighted by molar-refractivity contribution is -0.274. The van der Waals surface area contributed by atoms with Crippen molar-refractivity contribution in [3.8, 4) is 5.75 Å². The quantitative estimate of drug-likeness (QED) is 0.828. The molecule has 0 radical (unpaired) electrons. The first-order valence-electron chi connectivity index (χ1n) is 5.63. The minimum Gasteiger partial charge on any atom is -0.406 e. The maximum atomic E-state index is 12.0. The highest BCUT2D eigenvalue weighted by Gasteiger charge is 2.31. The summed E-state index contributed by atoms with van der Waals surface area (Å²) in [5, 5.41) is 12.0. The number of ether oxygens (including phenoxy) is 1. The molecule has 0 aliphatic rings. The number of hydrogen-bond acceptors (Lipinski definition) is 3. The largest absolute Gasteiger partial charge is 0.573 e. The Balaban J connectivity index is 2.59. The van der Waals surface area contributed by atoms with Crippen molar-refractivity contribution < 1.29 is 23.0 Å². The van der Waals surface area contributed by atoms with Crippen molar-refractivity contribution in [2.45, 2.75) is 32.3 Å². The van der Waals surface area contributed by atoms with E-state index in [0.29, 0.717) is 12.1 Å². The molecular weight excluding hydrogens is 247 g/mol. The number of nitrogens with one attached hydrogen (secondary N) is 1. The molecule has 0 bridgehead atoms. The van der Waals surface area contributed by atoms with Crippen LogP contribution >= 0.6 is 0 Å². The molecule has 1 aromatic carbocycles. The molecule has 0 unspecified atom stereocenters. The van der Waals surface area contributed by atoms with Crippen LogP contribution in [-0.2, 0) is 6.54 Å². The average Bonchev–Trinajstić information content (AvgIpc) is 2.28. The van der Waals surface area contributed by atoms with Crippen LogP contribution in [0.2, 0.25) is 0 Å². The van der Waals surface area contributed by atoms with Gasteiger partial charge in [-0.25, -0.2) is 0 Å². The second kappa shape index (κ2) is 6.61. The molecule has 3 nitrogen and oxygen atoms in total. The van der Waals surface area contributed by atoms with E-state index in [-0.39, 0.29) is 18.4 Å². The highest BCUT2D eigenvalue weighted by molar-refractivity contribution is 5.28. The Morgan fingerprint density at radius 3 is 2.67 bits per heavy atom. The van der Waals surface area contributed by atoms with E-state index in [1.54, 1.807) is 6.07 Å². The van der Waals surface area contributed by atoms with E-state index in [1.165, 1.54) is 18.2 Å². The van der Waals surface area contributed by atoms with Gasteiger partial charge >= 0.3 is 6.36 Å². The van der Waals surface area contributed by atoms with Crippen molar-refractivity contribution >= 4 is 0 Å². The van der Waals surface area contributed by atoms with Crippen molar-refractivity contribution in [1.29, 1.82) is 0 Å². The lowest BCUT2D eigenvalue weighted by Crippen LogP contribution is -2.31. The van der Waals surface area contributed by atoms with Crippen LogP contribution in [0.4, 0.5) is 13.2 Å². The first-order chi connectivity index (χ1) is 8.44. The van der Waals surface area contributed by atoms with Gasteiger partial charge in [-0.15, -0.1) is 13.2 Å². The Kier molecular flexibility index (Phi) is 5.43. The monoisotopic (exact) mass is 263 g/mol. The maximum Gasteiger partial charge on any atom is 0.573 e. The zero-order valence-corrected chi connectivity index (χ0v) is 10.00. The summed E-state index contributed by atoms with van der Waals surface area (Å²) in [6.07, 6.45) is -3.93. The summed E-state index contributed by atoms with van der Waals surface area (Å²) >= 11 is 0. The molecule has 0 heterocycles. The van der Waals surface area contributed by atoms with Crippen LogP contribution in [-0.4, -0.2) is 24.1 Å². The topological polar surface area (TPSA) is 41.5 Å². The van der Waals surface area contributed by atoms with Gasteiger partial charge in [0.25, 0.3) is 0 Å². The van der Waals surface area contributed by atoms with E-state index in [4.69, 9.17) is 5.11 Å². The van der Waals surface area contributed by atoms with Crippen molar-refractivity contribution in [2.24, 2.45) is 0 Å². The predicted molar refractivity (Wildman–Crippen MR) is 61.1 cm³/mol. The molecule has 0 amide bonds. The van der Waals surface area contributed by atoms with E-state index in [9.17, 15) is 13.2 Å². The highest BCUT2D eigenvalue weighted by atomic mass is 19.4. The molecule has 18 heavy (non-hydrogen) atoms. The zero-order valence-electron chi connectivity index (χ0n) is 10.00. The first kappa shape index (κ1) is 14.8. The van der Waals surface area contributed by atoms with Gasteiger partial charge in [-0.2, -0.15) is 0 Å². The number of hydrogen-bond donors (Lipinski definition) is 2. The number of aliphatic hydroxyl groups excluding tert-OH is 1. The zero-order chi connectivity index (χ0) is 13.6. The van der Waals surface area contributed by atoms with Crippen LogP contribution in [0.3, 0.4) is 0 Å². The molecule has 1 rings (SSSR count). The van der Waals surface area contributed by atoms with Crippen LogP contribution in [0, 0.1) is 0 Å². The van der Waals surface area contributed by atoms with Gasteiger partial charge in [0.15, 0.2) is 0 Å². The standard InChI is InChI=1S/C12H16F3NO2/c1-2-10(8-17)16-7-9-4-3-5-11(6-9)18-12(13,14)15/h3-6,10,16-17H,2,7-8H2,1H3/t10-/m1/s1. The summed E-state index contributed by atoms with van der Waals surface area (Å²) in [6, 6.07) is 5.71. The Morgan fingerprint density at radius 2 is 2.11 bits per heavy atom. The van der Waals surface area contributed by atoms with Crippen LogP contribution in [0.1, 0.15) is 18.9 Å². The van der Waals surface area contributed by atoms with Gasteiger partial charge in [0, 0.05) is 12.6 Å². The number of halogens is 3. The first-order valence-corrected chi connectivity index (χ1v) is 5.63. The molecule has 0 aliphatic heterocycles. The van der Waals surface area contributed by atoms with Crippen LogP contribution in [0.25, 0.3) is 0 Å². The van der Waals surface area contributed by atoms with Crippen LogP contribution in [0.15, 0.2) is 24.3 Å². The second-order valence-electron chi connectivity index (χ2n) is 3.86. The Hall–Kier alpha value is -1.27. The predicted octanol–water partition coefficient (Wildman–Crippen LogP) is 2.45. The lowest BCUT2D eigenvalue weighted by atomic mass is 10.2. The van der Waals surface area contributed by atoms with E-state index >= 15 is 0 Å². The lowest BCUT2D eigenvalue weighted by Gasteiger charge is -2.14. The summed E-state index contributed by atoms with van der Waals surface area (Å²) in [6.45, 7) is 2.29. The summed E-state index contributed by atoms with van der Waals surface area (Å²) < 4.78 is 39.9. The third-order valence-corrected chi connectivity index (χ3v) is 2.44. The fourth-order valence-electron chi connectivity index (χ4n) is 1.45. The highest BCUT2D eigenvalue weighted by Crippen LogP contribution is 2.23. The van der Waals surface area contributed by atoms with Crippen LogP contribution in [0.5, 0.6) is 5.75 Å². The van der Waals surface area contributed by atoms with Crippen molar-refractivity contribution in [3.05, 3.63) is 29.8 Å². The molecule has 102 valence electrons. The molecule has 0 fully saturated rings. The van der Waals surface area contributed by atoms with E-state index in [0.717, 1.165) is 6.42 Å². The number of rotatable bonds is 6. The molecule has 0 spiro atoms. The molecule has 1 aromatic rings. The molecule has 2 N–H and O–H groups in total. The third-order valence-electron chi connectivity index (χ3n) is 2.44. The maximum absolute atomic E-state index is 12.0.